The minimum absolute atomic E-state index is 0.139. The first-order valence-electron chi connectivity index (χ1n) is 8.90. The summed E-state index contributed by atoms with van der Waals surface area (Å²) >= 11 is 0. The Kier molecular flexibility index (Phi) is 4.62. The number of nitrogens with zero attached hydrogens (tertiary/aromatic N) is 2. The number of hydrogen-bond donors (Lipinski definition) is 2. The predicted molar refractivity (Wildman–Crippen MR) is 95.7 cm³/mol. The van der Waals surface area contributed by atoms with Crippen LogP contribution < -0.4 is 5.32 Å². The van der Waals surface area contributed by atoms with Crippen LogP contribution in [-0.2, 0) is 22.8 Å². The maximum absolute atomic E-state index is 13.4. The predicted octanol–water partition coefficient (Wildman–Crippen LogP) is 1.57. The topological polar surface area (TPSA) is 78.1 Å². The lowest BCUT2D eigenvalue weighted by Gasteiger charge is -2.40. The van der Waals surface area contributed by atoms with Gasteiger partial charge in [0.2, 0.25) is 9.84 Å². The van der Waals surface area contributed by atoms with Gasteiger partial charge < -0.3 is 10.3 Å². The number of rotatable bonds is 4. The lowest BCUT2D eigenvalue weighted by atomic mass is 9.94. The molecule has 25 heavy (non-hydrogen) atoms. The Labute approximate surface area is 148 Å². The molecule has 4 rings (SSSR count). The Morgan fingerprint density at radius 1 is 1.16 bits per heavy atom. The second-order valence-corrected chi connectivity index (χ2v) is 8.94. The zero-order chi connectivity index (χ0) is 17.3. The molecule has 0 radical (unpaired) electrons. The quantitative estimate of drug-likeness (QED) is 0.865. The molecule has 1 atom stereocenters. The van der Waals surface area contributed by atoms with Gasteiger partial charge in [0.25, 0.3) is 0 Å². The van der Waals surface area contributed by atoms with Crippen LogP contribution in [0.25, 0.3) is 0 Å². The number of hydrogen-bond acceptors (Lipinski definition) is 5. The zero-order valence-electron chi connectivity index (χ0n) is 14.2. The third kappa shape index (κ3) is 3.23. The summed E-state index contributed by atoms with van der Waals surface area (Å²) in [5, 5.41) is 3.08. The second kappa shape index (κ2) is 6.90. The van der Waals surface area contributed by atoms with Gasteiger partial charge in [-0.3, -0.25) is 4.90 Å². The van der Waals surface area contributed by atoms with Gasteiger partial charge in [0.1, 0.15) is 5.37 Å². The average molecular weight is 360 g/mol. The zero-order valence-corrected chi connectivity index (χ0v) is 15.0. The molecule has 2 aliphatic heterocycles. The normalized spacial score (nSPS) is 21.0. The van der Waals surface area contributed by atoms with Crippen molar-refractivity contribution in [2.75, 3.05) is 19.6 Å². The molecule has 1 unspecified atom stereocenters. The Morgan fingerprint density at radius 2 is 1.92 bits per heavy atom. The molecule has 3 heterocycles. The van der Waals surface area contributed by atoms with Gasteiger partial charge in [-0.2, -0.15) is 0 Å². The molecule has 0 saturated carbocycles. The SMILES string of the molecule is O=S(=O)(c1cnc[nH]1)C(C1CCNCC1)N1CCc2ccccc2C1. The van der Waals surface area contributed by atoms with Crippen molar-refractivity contribution in [3.63, 3.8) is 0 Å². The summed E-state index contributed by atoms with van der Waals surface area (Å²) < 4.78 is 26.7. The molecular weight excluding hydrogens is 336 g/mol. The molecule has 0 spiro atoms. The van der Waals surface area contributed by atoms with E-state index in [4.69, 9.17) is 0 Å². The first kappa shape index (κ1) is 16.8. The third-order valence-electron chi connectivity index (χ3n) is 5.40. The van der Waals surface area contributed by atoms with E-state index in [1.54, 1.807) is 0 Å². The van der Waals surface area contributed by atoms with Crippen molar-refractivity contribution in [3.8, 4) is 0 Å². The highest BCUT2D eigenvalue weighted by Crippen LogP contribution is 2.32. The van der Waals surface area contributed by atoms with Crippen LogP contribution in [0.4, 0.5) is 0 Å². The van der Waals surface area contributed by atoms with Gasteiger partial charge in [-0.05, 0) is 49.4 Å². The van der Waals surface area contributed by atoms with Gasteiger partial charge in [-0.1, -0.05) is 24.3 Å². The third-order valence-corrected chi connectivity index (χ3v) is 7.56. The molecule has 0 amide bonds. The maximum Gasteiger partial charge on any atom is 0.211 e. The monoisotopic (exact) mass is 360 g/mol. The van der Waals surface area contributed by atoms with Crippen LogP contribution in [-0.4, -0.2) is 48.3 Å². The molecule has 1 saturated heterocycles. The van der Waals surface area contributed by atoms with E-state index in [1.165, 1.54) is 23.7 Å². The molecule has 1 aromatic heterocycles. The van der Waals surface area contributed by atoms with E-state index in [0.717, 1.165) is 38.9 Å². The lowest BCUT2D eigenvalue weighted by molar-refractivity contribution is 0.159. The lowest BCUT2D eigenvalue weighted by Crippen LogP contribution is -2.50. The molecule has 6 nitrogen and oxygen atoms in total. The van der Waals surface area contributed by atoms with Crippen molar-refractivity contribution < 1.29 is 8.42 Å². The number of imidazole rings is 1. The molecule has 2 aromatic rings. The number of nitrogens with one attached hydrogen (secondary N) is 2. The average Bonchev–Trinajstić information content (AvgIpc) is 3.18. The molecule has 134 valence electrons. The second-order valence-electron chi connectivity index (χ2n) is 6.93. The smallest absolute Gasteiger partial charge is 0.211 e. The summed E-state index contributed by atoms with van der Waals surface area (Å²) in [6, 6.07) is 8.35. The fourth-order valence-electron chi connectivity index (χ4n) is 4.14. The van der Waals surface area contributed by atoms with E-state index in [2.05, 4.69) is 38.4 Å². The van der Waals surface area contributed by atoms with Gasteiger partial charge in [-0.15, -0.1) is 0 Å². The van der Waals surface area contributed by atoms with Crippen LogP contribution in [0.1, 0.15) is 24.0 Å². The standard InChI is InChI=1S/C18H24N4O2S/c23-25(24,17-11-20-13-21-17)18(15-5-8-19-9-6-15)22-10-7-14-3-1-2-4-16(14)12-22/h1-4,11,13,15,18-19H,5-10,12H2,(H,20,21). The number of piperidine rings is 1. The van der Waals surface area contributed by atoms with Crippen LogP contribution in [0.5, 0.6) is 0 Å². The molecule has 2 aliphatic rings. The van der Waals surface area contributed by atoms with Gasteiger partial charge >= 0.3 is 0 Å². The van der Waals surface area contributed by atoms with Gasteiger partial charge in [0.05, 0.1) is 12.5 Å². The first-order valence-corrected chi connectivity index (χ1v) is 10.4. The molecule has 2 N–H and O–H groups in total. The fraction of sp³-hybridized carbons (Fsp3) is 0.500. The van der Waals surface area contributed by atoms with E-state index in [9.17, 15) is 8.42 Å². The highest BCUT2D eigenvalue weighted by Gasteiger charge is 2.41. The van der Waals surface area contributed by atoms with Crippen molar-refractivity contribution in [1.29, 1.82) is 0 Å². The first-order chi connectivity index (χ1) is 12.2. The van der Waals surface area contributed by atoms with Crippen LogP contribution >= 0.6 is 0 Å². The Hall–Kier alpha value is -1.70. The molecule has 7 heteroatoms. The summed E-state index contributed by atoms with van der Waals surface area (Å²) in [5.41, 5.74) is 2.58. The summed E-state index contributed by atoms with van der Waals surface area (Å²) in [6.45, 7) is 3.23. The number of aromatic nitrogens is 2. The van der Waals surface area contributed by atoms with Crippen molar-refractivity contribution in [1.82, 2.24) is 20.2 Å². The van der Waals surface area contributed by atoms with E-state index in [1.807, 2.05) is 6.07 Å². The molecular formula is C18H24N4O2S. The highest BCUT2D eigenvalue weighted by atomic mass is 32.2. The van der Waals surface area contributed by atoms with E-state index < -0.39 is 15.2 Å². The van der Waals surface area contributed by atoms with Gasteiger partial charge in [0, 0.05) is 13.1 Å². The van der Waals surface area contributed by atoms with Crippen LogP contribution in [0, 0.1) is 5.92 Å². The van der Waals surface area contributed by atoms with Gasteiger partial charge in [0.15, 0.2) is 5.03 Å². The summed E-state index contributed by atoms with van der Waals surface area (Å²) in [4.78, 5) is 8.91. The molecule has 1 fully saturated rings. The Bertz CT molecular complexity index is 813. The molecule has 1 aromatic carbocycles. The summed E-state index contributed by atoms with van der Waals surface area (Å²) in [6.07, 6.45) is 5.54. The van der Waals surface area contributed by atoms with Gasteiger partial charge in [-0.25, -0.2) is 13.4 Å². The van der Waals surface area contributed by atoms with E-state index in [-0.39, 0.29) is 10.9 Å². The van der Waals surface area contributed by atoms with E-state index >= 15 is 0 Å². The largest absolute Gasteiger partial charge is 0.336 e. The fourth-order valence-corrected chi connectivity index (χ4v) is 6.18. The van der Waals surface area contributed by atoms with Crippen molar-refractivity contribution in [2.45, 2.75) is 36.2 Å². The molecule has 0 aliphatic carbocycles. The minimum Gasteiger partial charge on any atom is -0.336 e. The Balaban J connectivity index is 1.69. The summed E-state index contributed by atoms with van der Waals surface area (Å²) in [5.74, 6) is 0.139. The van der Waals surface area contributed by atoms with Crippen molar-refractivity contribution in [3.05, 3.63) is 47.9 Å². The number of sulfone groups is 1. The maximum atomic E-state index is 13.4. The minimum atomic E-state index is -3.48. The van der Waals surface area contributed by atoms with E-state index in [0.29, 0.717) is 6.54 Å². The van der Waals surface area contributed by atoms with Crippen LogP contribution in [0.2, 0.25) is 0 Å². The number of benzene rings is 1. The number of aromatic amines is 1. The number of H-pyrrole nitrogens is 1. The van der Waals surface area contributed by atoms with Crippen molar-refractivity contribution >= 4 is 9.84 Å². The van der Waals surface area contributed by atoms with Crippen molar-refractivity contribution in [2.24, 2.45) is 5.92 Å². The van der Waals surface area contributed by atoms with Crippen LogP contribution in [0.15, 0.2) is 41.8 Å². The Morgan fingerprint density at radius 3 is 2.64 bits per heavy atom. The summed E-state index contributed by atoms with van der Waals surface area (Å²) in [7, 11) is -3.48. The highest BCUT2D eigenvalue weighted by molar-refractivity contribution is 7.91. The number of fused-ring (bicyclic) bond motifs is 1. The molecule has 0 bridgehead atoms. The van der Waals surface area contributed by atoms with Crippen LogP contribution in [0.3, 0.4) is 0 Å².